The topological polar surface area (TPSA) is 40.6 Å². The van der Waals surface area contributed by atoms with E-state index in [1.54, 1.807) is 19.1 Å². The van der Waals surface area contributed by atoms with Gasteiger partial charge in [-0.25, -0.2) is 8.42 Å². The summed E-state index contributed by atoms with van der Waals surface area (Å²) in [5.74, 6) is 2.44. The van der Waals surface area contributed by atoms with Gasteiger partial charge in [-0.2, -0.15) is 0 Å². The minimum absolute atomic E-state index is 0.382. The predicted octanol–water partition coefficient (Wildman–Crippen LogP) is 3.39. The first-order valence-corrected chi connectivity index (χ1v) is 11.7. The Labute approximate surface area is 161 Å². The molecule has 4 nitrogen and oxygen atoms in total. The van der Waals surface area contributed by atoms with E-state index < -0.39 is 9.84 Å². The highest BCUT2D eigenvalue weighted by molar-refractivity contribution is 7.90. The average molecular weight is 395 g/mol. The maximum atomic E-state index is 12.0. The van der Waals surface area contributed by atoms with Crippen LogP contribution in [0, 0.1) is 24.7 Å². The molecule has 1 heterocycles. The molecule has 0 spiro atoms. The maximum Gasteiger partial charge on any atom is 0.175 e. The predicted molar refractivity (Wildman–Crippen MR) is 107 cm³/mol. The highest BCUT2D eigenvalue weighted by Gasteiger charge is 2.36. The standard InChI is InChI=1S/C20H27ClN2O2S/c1-14-9-18(21)19(12-20(14)26(2,24)25)23-7-5-22(6-8-23)13-17-11-15-3-4-16(17)10-15/h3-4,9,12,15-17H,5-8,10-11,13H2,1-2H3/t15-,16+,17+/m0/s1. The monoisotopic (exact) mass is 394 g/mol. The number of hydrogen-bond acceptors (Lipinski definition) is 4. The van der Waals surface area contributed by atoms with E-state index in [1.165, 1.54) is 25.6 Å². The maximum absolute atomic E-state index is 12.0. The zero-order valence-electron chi connectivity index (χ0n) is 15.5. The lowest BCUT2D eigenvalue weighted by Gasteiger charge is -2.38. The van der Waals surface area contributed by atoms with E-state index in [1.807, 2.05) is 0 Å². The number of aryl methyl sites for hydroxylation is 1. The van der Waals surface area contributed by atoms with E-state index in [-0.39, 0.29) is 0 Å². The van der Waals surface area contributed by atoms with Crippen LogP contribution in [0.2, 0.25) is 5.02 Å². The van der Waals surface area contributed by atoms with Crippen LogP contribution < -0.4 is 4.90 Å². The molecule has 1 aliphatic heterocycles. The van der Waals surface area contributed by atoms with Crippen LogP contribution in [0.25, 0.3) is 0 Å². The zero-order chi connectivity index (χ0) is 18.5. The molecule has 2 bridgehead atoms. The number of allylic oxidation sites excluding steroid dienone is 2. The van der Waals surface area contributed by atoms with Gasteiger partial charge in [-0.15, -0.1) is 0 Å². The summed E-state index contributed by atoms with van der Waals surface area (Å²) in [4.78, 5) is 5.18. The average Bonchev–Trinajstić information content (AvgIpc) is 3.17. The van der Waals surface area contributed by atoms with Crippen molar-refractivity contribution in [2.24, 2.45) is 17.8 Å². The van der Waals surface area contributed by atoms with Crippen molar-refractivity contribution < 1.29 is 8.42 Å². The molecular formula is C20H27ClN2O2S. The Balaban J connectivity index is 1.42. The summed E-state index contributed by atoms with van der Waals surface area (Å²) in [5, 5.41) is 0.640. The third-order valence-electron chi connectivity index (χ3n) is 6.27. The van der Waals surface area contributed by atoms with Crippen LogP contribution in [0.3, 0.4) is 0 Å². The molecule has 0 aromatic heterocycles. The van der Waals surface area contributed by atoms with E-state index >= 15 is 0 Å². The third-order valence-corrected chi connectivity index (χ3v) is 7.81. The molecule has 142 valence electrons. The molecule has 0 N–H and O–H groups in total. The second-order valence-corrected chi connectivity index (χ2v) is 10.6. The van der Waals surface area contributed by atoms with Gasteiger partial charge in [0.1, 0.15) is 0 Å². The second-order valence-electron chi connectivity index (χ2n) is 8.17. The second kappa shape index (κ2) is 6.84. The molecule has 1 aromatic carbocycles. The van der Waals surface area contributed by atoms with E-state index in [2.05, 4.69) is 22.0 Å². The summed E-state index contributed by atoms with van der Waals surface area (Å²) in [7, 11) is -3.25. The molecule has 0 radical (unpaired) electrons. The van der Waals surface area contributed by atoms with Gasteiger partial charge in [0, 0.05) is 39.0 Å². The van der Waals surface area contributed by atoms with Crippen LogP contribution in [0.5, 0.6) is 0 Å². The van der Waals surface area contributed by atoms with Gasteiger partial charge in [-0.1, -0.05) is 23.8 Å². The fraction of sp³-hybridized carbons (Fsp3) is 0.600. The molecule has 1 aromatic rings. The van der Waals surface area contributed by atoms with Gasteiger partial charge in [0.05, 0.1) is 15.6 Å². The summed E-state index contributed by atoms with van der Waals surface area (Å²) in [6.45, 7) is 6.79. The number of piperazine rings is 1. The molecule has 26 heavy (non-hydrogen) atoms. The number of nitrogens with zero attached hydrogens (tertiary/aromatic N) is 2. The minimum Gasteiger partial charge on any atom is -0.368 e. The highest BCUT2D eigenvalue weighted by atomic mass is 35.5. The van der Waals surface area contributed by atoms with Crippen LogP contribution in [0.4, 0.5) is 5.69 Å². The van der Waals surface area contributed by atoms with Crippen molar-refractivity contribution >= 4 is 27.1 Å². The van der Waals surface area contributed by atoms with Crippen molar-refractivity contribution in [3.05, 3.63) is 34.9 Å². The van der Waals surface area contributed by atoms with Gasteiger partial charge in [0.15, 0.2) is 9.84 Å². The summed E-state index contributed by atoms with van der Waals surface area (Å²) >= 11 is 6.44. The molecule has 3 atom stereocenters. The molecule has 6 heteroatoms. The Hall–Kier alpha value is -1.04. The minimum atomic E-state index is -3.25. The lowest BCUT2D eigenvalue weighted by atomic mass is 9.93. The zero-order valence-corrected chi connectivity index (χ0v) is 17.1. The molecular weight excluding hydrogens is 368 g/mol. The fourth-order valence-electron chi connectivity index (χ4n) is 4.89. The number of benzene rings is 1. The van der Waals surface area contributed by atoms with Gasteiger partial charge < -0.3 is 4.90 Å². The number of halogens is 1. The Morgan fingerprint density at radius 1 is 1.12 bits per heavy atom. The van der Waals surface area contributed by atoms with Gasteiger partial charge in [-0.05, 0) is 55.2 Å². The third kappa shape index (κ3) is 3.54. The van der Waals surface area contributed by atoms with Crippen molar-refractivity contribution in [3.63, 3.8) is 0 Å². The smallest absolute Gasteiger partial charge is 0.175 e. The first-order valence-electron chi connectivity index (χ1n) is 9.47. The quantitative estimate of drug-likeness (QED) is 0.734. The molecule has 1 saturated heterocycles. The normalized spacial score (nSPS) is 28.9. The first-order chi connectivity index (χ1) is 12.3. The lowest BCUT2D eigenvalue weighted by molar-refractivity contribution is 0.204. The molecule has 3 aliphatic rings. The van der Waals surface area contributed by atoms with E-state index in [4.69, 9.17) is 11.6 Å². The SMILES string of the molecule is Cc1cc(Cl)c(N2CCN(C[C@H]3C[C@H]4C=C[C@@H]3C4)CC2)cc1S(C)(=O)=O. The molecule has 4 rings (SSSR count). The highest BCUT2D eigenvalue weighted by Crippen LogP contribution is 2.43. The number of rotatable bonds is 4. The van der Waals surface area contributed by atoms with Crippen molar-refractivity contribution in [1.82, 2.24) is 4.90 Å². The van der Waals surface area contributed by atoms with Gasteiger partial charge in [0.25, 0.3) is 0 Å². The molecule has 2 aliphatic carbocycles. The largest absolute Gasteiger partial charge is 0.368 e. The van der Waals surface area contributed by atoms with Crippen LogP contribution in [-0.2, 0) is 9.84 Å². The van der Waals surface area contributed by atoms with Gasteiger partial charge >= 0.3 is 0 Å². The Kier molecular flexibility index (Phi) is 4.82. The molecule has 0 amide bonds. The molecule has 2 fully saturated rings. The Morgan fingerprint density at radius 2 is 1.85 bits per heavy atom. The van der Waals surface area contributed by atoms with Crippen molar-refractivity contribution in [2.45, 2.75) is 24.7 Å². The Bertz CT molecular complexity index is 828. The van der Waals surface area contributed by atoms with Crippen LogP contribution in [0.15, 0.2) is 29.2 Å². The van der Waals surface area contributed by atoms with Crippen molar-refractivity contribution in [3.8, 4) is 0 Å². The van der Waals surface area contributed by atoms with E-state index in [0.29, 0.717) is 15.5 Å². The summed E-state index contributed by atoms with van der Waals surface area (Å²) in [5.41, 5.74) is 1.56. The number of anilines is 1. The first kappa shape index (κ1) is 18.3. The summed E-state index contributed by atoms with van der Waals surface area (Å²) in [6, 6.07) is 3.53. The van der Waals surface area contributed by atoms with Crippen molar-refractivity contribution in [2.75, 3.05) is 43.9 Å². The van der Waals surface area contributed by atoms with Crippen LogP contribution >= 0.6 is 11.6 Å². The van der Waals surface area contributed by atoms with Crippen LogP contribution in [0.1, 0.15) is 18.4 Å². The number of hydrogen-bond donors (Lipinski definition) is 0. The summed E-state index contributed by atoms with van der Waals surface area (Å²) in [6.07, 6.45) is 8.79. The van der Waals surface area contributed by atoms with E-state index in [0.717, 1.165) is 49.6 Å². The molecule has 0 unspecified atom stereocenters. The fourth-order valence-corrected chi connectivity index (χ4v) is 6.20. The Morgan fingerprint density at radius 3 is 2.42 bits per heavy atom. The van der Waals surface area contributed by atoms with Crippen molar-refractivity contribution in [1.29, 1.82) is 0 Å². The summed E-state index contributed by atoms with van der Waals surface area (Å²) < 4.78 is 24.1. The number of fused-ring (bicyclic) bond motifs is 2. The van der Waals surface area contributed by atoms with E-state index in [9.17, 15) is 8.42 Å². The van der Waals surface area contributed by atoms with Crippen LogP contribution in [-0.4, -0.2) is 52.3 Å². The number of sulfone groups is 1. The lowest BCUT2D eigenvalue weighted by Crippen LogP contribution is -2.48. The van der Waals surface area contributed by atoms with Gasteiger partial charge in [0.2, 0.25) is 0 Å². The molecule has 1 saturated carbocycles. The van der Waals surface area contributed by atoms with Gasteiger partial charge in [-0.3, -0.25) is 4.90 Å².